The number of aryl methyl sites for hydroxylation is 2. The Morgan fingerprint density at radius 1 is 0.963 bits per heavy atom. The standard InChI is InChI=1S/C20H15Cl4N3/c1-27(19-17(23)13(21)9-14(22)18(19)24)20(25)26-15-8-7-11-6-5-10-3-2-4-12(15)16(10)11/h2-4,7-9H,5-6H2,1H3,(H2,25,26). The van der Waals surface area contributed by atoms with Crippen LogP contribution < -0.4 is 10.6 Å². The van der Waals surface area contributed by atoms with Crippen LogP contribution in [0.1, 0.15) is 11.1 Å². The van der Waals surface area contributed by atoms with Crippen molar-refractivity contribution in [2.75, 3.05) is 11.9 Å². The minimum atomic E-state index is 0.232. The number of rotatable bonds is 2. The number of guanidine groups is 1. The predicted octanol–water partition coefficient (Wildman–Crippen LogP) is 6.63. The molecule has 0 aliphatic heterocycles. The molecule has 138 valence electrons. The molecule has 4 rings (SSSR count). The van der Waals surface area contributed by atoms with E-state index in [-0.39, 0.29) is 16.0 Å². The van der Waals surface area contributed by atoms with Crippen LogP contribution in [0.5, 0.6) is 0 Å². The van der Waals surface area contributed by atoms with E-state index >= 15 is 0 Å². The van der Waals surface area contributed by atoms with E-state index in [2.05, 4.69) is 29.3 Å². The first-order chi connectivity index (χ1) is 12.9. The highest BCUT2D eigenvalue weighted by atomic mass is 35.5. The van der Waals surface area contributed by atoms with Gasteiger partial charge in [-0.1, -0.05) is 70.7 Å². The highest BCUT2D eigenvalue weighted by molar-refractivity contribution is 6.50. The Bertz CT molecular complexity index is 1070. The van der Waals surface area contributed by atoms with Crippen molar-refractivity contribution < 1.29 is 0 Å². The summed E-state index contributed by atoms with van der Waals surface area (Å²) in [5, 5.41) is 3.49. The summed E-state index contributed by atoms with van der Waals surface area (Å²) in [6.07, 6.45) is 2.11. The Balaban J connectivity index is 1.82. The summed E-state index contributed by atoms with van der Waals surface area (Å²) in [4.78, 5) is 6.22. The van der Waals surface area contributed by atoms with Crippen molar-refractivity contribution in [2.24, 2.45) is 10.7 Å². The zero-order valence-electron chi connectivity index (χ0n) is 14.4. The Hall–Kier alpha value is -1.65. The van der Waals surface area contributed by atoms with E-state index in [0.717, 1.165) is 23.9 Å². The van der Waals surface area contributed by atoms with Crippen LogP contribution in [0.25, 0.3) is 10.8 Å². The highest BCUT2D eigenvalue weighted by Crippen LogP contribution is 2.43. The Kier molecular flexibility index (Phi) is 4.89. The van der Waals surface area contributed by atoms with Crippen LogP contribution in [-0.4, -0.2) is 13.0 Å². The van der Waals surface area contributed by atoms with Crippen LogP contribution in [0.2, 0.25) is 20.1 Å². The molecule has 0 bridgehead atoms. The molecule has 1 aliphatic rings. The van der Waals surface area contributed by atoms with Gasteiger partial charge in [-0.25, -0.2) is 4.99 Å². The normalized spacial score (nSPS) is 13.4. The largest absolute Gasteiger partial charge is 0.369 e. The first-order valence-corrected chi connectivity index (χ1v) is 9.84. The van der Waals surface area contributed by atoms with Gasteiger partial charge in [0.25, 0.3) is 0 Å². The molecular formula is C20H15Cl4N3. The number of anilines is 1. The van der Waals surface area contributed by atoms with E-state index in [1.54, 1.807) is 11.9 Å². The molecule has 0 radical (unpaired) electrons. The SMILES string of the molecule is CN(C(N)=Nc1ccc2c3c(cccc13)CC2)c1c(Cl)c(Cl)cc(Cl)c1Cl. The van der Waals surface area contributed by atoms with Crippen molar-refractivity contribution in [2.45, 2.75) is 12.8 Å². The van der Waals surface area contributed by atoms with Crippen molar-refractivity contribution in [3.8, 4) is 0 Å². The van der Waals surface area contributed by atoms with Gasteiger partial charge in [-0.3, -0.25) is 0 Å². The van der Waals surface area contributed by atoms with Gasteiger partial charge in [0, 0.05) is 12.4 Å². The molecule has 7 heteroatoms. The van der Waals surface area contributed by atoms with E-state index < -0.39 is 0 Å². The molecule has 0 unspecified atom stereocenters. The summed E-state index contributed by atoms with van der Waals surface area (Å²) in [5.41, 5.74) is 10.2. The summed E-state index contributed by atoms with van der Waals surface area (Å²) in [6, 6.07) is 11.9. The van der Waals surface area contributed by atoms with Crippen LogP contribution in [0.15, 0.2) is 41.4 Å². The van der Waals surface area contributed by atoms with Gasteiger partial charge in [0.1, 0.15) is 0 Å². The molecule has 0 heterocycles. The number of nitrogens with two attached hydrogens (primary N) is 1. The van der Waals surface area contributed by atoms with Gasteiger partial charge in [-0.15, -0.1) is 0 Å². The molecule has 27 heavy (non-hydrogen) atoms. The molecule has 0 saturated heterocycles. The third kappa shape index (κ3) is 3.13. The van der Waals surface area contributed by atoms with Crippen LogP contribution in [0.3, 0.4) is 0 Å². The zero-order valence-corrected chi connectivity index (χ0v) is 17.4. The number of aliphatic imine (C=N–C) groups is 1. The highest BCUT2D eigenvalue weighted by Gasteiger charge is 2.20. The van der Waals surface area contributed by atoms with Gasteiger partial charge in [0.15, 0.2) is 0 Å². The van der Waals surface area contributed by atoms with Crippen molar-refractivity contribution >= 4 is 74.5 Å². The lowest BCUT2D eigenvalue weighted by atomic mass is 10.0. The van der Waals surface area contributed by atoms with Crippen molar-refractivity contribution in [1.29, 1.82) is 0 Å². The van der Waals surface area contributed by atoms with E-state index in [1.165, 1.54) is 22.6 Å². The summed E-state index contributed by atoms with van der Waals surface area (Å²) in [5.74, 6) is 0.232. The second kappa shape index (κ2) is 7.06. The van der Waals surface area contributed by atoms with Crippen molar-refractivity contribution in [3.05, 3.63) is 67.6 Å². The van der Waals surface area contributed by atoms with Gasteiger partial charge in [-0.05, 0) is 41.5 Å². The summed E-state index contributed by atoms with van der Waals surface area (Å²) in [7, 11) is 1.72. The fourth-order valence-electron chi connectivity index (χ4n) is 3.50. The minimum Gasteiger partial charge on any atom is -0.369 e. The van der Waals surface area contributed by atoms with Crippen LogP contribution >= 0.6 is 46.4 Å². The summed E-state index contributed by atoms with van der Waals surface area (Å²) in [6.45, 7) is 0. The van der Waals surface area contributed by atoms with E-state index in [1.807, 2.05) is 6.07 Å². The van der Waals surface area contributed by atoms with Gasteiger partial charge in [0.2, 0.25) is 5.96 Å². The zero-order chi connectivity index (χ0) is 19.3. The van der Waals surface area contributed by atoms with E-state index in [4.69, 9.17) is 52.1 Å². The number of benzene rings is 3. The van der Waals surface area contributed by atoms with Crippen LogP contribution in [0.4, 0.5) is 11.4 Å². The molecule has 1 aliphatic carbocycles. The maximum atomic E-state index is 6.33. The third-order valence-corrected chi connectivity index (χ3v) is 6.41. The van der Waals surface area contributed by atoms with E-state index in [9.17, 15) is 0 Å². The number of halogens is 4. The summed E-state index contributed by atoms with van der Waals surface area (Å²) < 4.78 is 0. The number of hydrogen-bond acceptors (Lipinski definition) is 1. The molecular weight excluding hydrogens is 424 g/mol. The molecule has 0 atom stereocenters. The topological polar surface area (TPSA) is 41.6 Å². The molecule has 0 aromatic heterocycles. The van der Waals surface area contributed by atoms with Gasteiger partial charge in [-0.2, -0.15) is 0 Å². The molecule has 3 aromatic rings. The molecule has 0 fully saturated rings. The monoisotopic (exact) mass is 437 g/mol. The molecule has 3 nitrogen and oxygen atoms in total. The van der Waals surface area contributed by atoms with Crippen molar-refractivity contribution in [1.82, 2.24) is 0 Å². The molecule has 3 aromatic carbocycles. The molecule has 2 N–H and O–H groups in total. The first kappa shape index (κ1) is 18.7. The first-order valence-electron chi connectivity index (χ1n) is 8.33. The lowest BCUT2D eigenvalue weighted by molar-refractivity contribution is 1.02. The number of hydrogen-bond donors (Lipinski definition) is 1. The predicted molar refractivity (Wildman–Crippen MR) is 118 cm³/mol. The molecule has 0 spiro atoms. The van der Waals surface area contributed by atoms with Crippen LogP contribution in [-0.2, 0) is 12.8 Å². The Morgan fingerprint density at radius 3 is 2.26 bits per heavy atom. The second-order valence-electron chi connectivity index (χ2n) is 6.43. The second-order valence-corrected chi connectivity index (χ2v) is 8.00. The minimum absolute atomic E-state index is 0.232. The average molecular weight is 439 g/mol. The smallest absolute Gasteiger partial charge is 0.200 e. The Labute approximate surface area is 177 Å². The maximum Gasteiger partial charge on any atom is 0.200 e. The number of nitrogens with zero attached hydrogens (tertiary/aromatic N) is 2. The maximum absolute atomic E-state index is 6.33. The van der Waals surface area contributed by atoms with Crippen LogP contribution in [0, 0.1) is 0 Å². The fraction of sp³-hybridized carbons (Fsp3) is 0.150. The fourth-order valence-corrected chi connectivity index (χ4v) is 4.55. The lowest BCUT2D eigenvalue weighted by Crippen LogP contribution is -2.34. The quantitative estimate of drug-likeness (QED) is 0.277. The van der Waals surface area contributed by atoms with Gasteiger partial charge >= 0.3 is 0 Å². The lowest BCUT2D eigenvalue weighted by Gasteiger charge is -2.22. The summed E-state index contributed by atoms with van der Waals surface area (Å²) >= 11 is 24.9. The van der Waals surface area contributed by atoms with Crippen molar-refractivity contribution in [3.63, 3.8) is 0 Å². The average Bonchev–Trinajstić information content (AvgIpc) is 3.07. The molecule has 0 amide bonds. The van der Waals surface area contributed by atoms with Gasteiger partial charge in [0.05, 0.1) is 31.5 Å². The third-order valence-electron chi connectivity index (χ3n) is 4.86. The Morgan fingerprint density at radius 2 is 1.59 bits per heavy atom. The van der Waals surface area contributed by atoms with Gasteiger partial charge < -0.3 is 10.6 Å². The van der Waals surface area contributed by atoms with E-state index in [0.29, 0.717) is 15.7 Å². The molecule has 0 saturated carbocycles.